The molecule has 0 aromatic rings. The molecule has 66 valence electrons. The zero-order valence-corrected chi connectivity index (χ0v) is 6.06. The van der Waals surface area contributed by atoms with Gasteiger partial charge in [0.2, 0.25) is 18.0 Å². The van der Waals surface area contributed by atoms with Crippen LogP contribution in [0.4, 0.5) is 0 Å². The fourth-order valence-corrected chi connectivity index (χ4v) is 0.977. The summed E-state index contributed by atoms with van der Waals surface area (Å²) in [7, 11) is 0. The van der Waals surface area contributed by atoms with E-state index in [0.29, 0.717) is 4.90 Å². The van der Waals surface area contributed by atoms with Gasteiger partial charge in [-0.15, -0.1) is 0 Å². The Kier molecular flexibility index (Phi) is 2.09. The zero-order chi connectivity index (χ0) is 9.30. The molecule has 0 aromatic carbocycles. The molecule has 1 fully saturated rings. The fourth-order valence-electron chi connectivity index (χ4n) is 0.977. The van der Waals surface area contributed by atoms with Crippen LogP contribution in [-0.4, -0.2) is 39.1 Å². The number of imide groups is 1. The lowest BCUT2D eigenvalue weighted by Gasteiger charge is -2.16. The maximum atomic E-state index is 10.8. The summed E-state index contributed by atoms with van der Waals surface area (Å²) in [6.45, 7) is 0. The van der Waals surface area contributed by atoms with Crippen molar-refractivity contribution in [1.29, 1.82) is 0 Å². The molecule has 12 heavy (non-hydrogen) atoms. The van der Waals surface area contributed by atoms with Gasteiger partial charge in [0.25, 0.3) is 0 Å². The fraction of sp³-hybridized carbons (Fsp3) is 0.500. The highest BCUT2D eigenvalue weighted by molar-refractivity contribution is 6.04. The van der Waals surface area contributed by atoms with Crippen LogP contribution in [0, 0.1) is 0 Å². The molecule has 1 aliphatic rings. The zero-order valence-electron chi connectivity index (χ0n) is 6.06. The number of rotatable bonds is 2. The first kappa shape index (κ1) is 8.66. The number of hydrogen-bond acceptors (Lipinski definition) is 4. The lowest BCUT2D eigenvalue weighted by Crippen LogP contribution is -2.44. The Labute approximate surface area is 67.4 Å². The minimum absolute atomic E-state index is 0.0246. The predicted octanol–water partition coefficient (Wildman–Crippen LogP) is -1.46. The van der Waals surface area contributed by atoms with Crippen molar-refractivity contribution in [2.45, 2.75) is 19.1 Å². The number of likely N-dealkylation sites (tertiary alicyclic amines) is 1. The van der Waals surface area contributed by atoms with E-state index in [9.17, 15) is 14.4 Å². The SMILES string of the molecule is O=C(O)C(O)N1C(=O)CCC1=O. The van der Waals surface area contributed by atoms with Gasteiger partial charge in [0.1, 0.15) is 0 Å². The molecule has 1 aliphatic heterocycles. The third-order valence-corrected chi connectivity index (χ3v) is 1.56. The number of aliphatic hydroxyl groups excluding tert-OH is 1. The molecule has 0 aromatic heterocycles. The van der Waals surface area contributed by atoms with Gasteiger partial charge >= 0.3 is 5.97 Å². The Morgan fingerprint density at radius 1 is 1.33 bits per heavy atom. The first-order valence-corrected chi connectivity index (χ1v) is 3.30. The second kappa shape index (κ2) is 2.90. The number of amides is 2. The average molecular weight is 173 g/mol. The van der Waals surface area contributed by atoms with Crippen molar-refractivity contribution >= 4 is 17.8 Å². The van der Waals surface area contributed by atoms with E-state index in [1.807, 2.05) is 0 Å². The Morgan fingerprint density at radius 3 is 2.08 bits per heavy atom. The van der Waals surface area contributed by atoms with Gasteiger partial charge in [0, 0.05) is 12.8 Å². The standard InChI is InChI=1S/C6H7NO5/c8-3-1-2-4(9)7(3)5(10)6(11)12/h5,10H,1-2H2,(H,11,12). The molecular weight excluding hydrogens is 166 g/mol. The number of aliphatic hydroxyl groups is 1. The summed E-state index contributed by atoms with van der Waals surface area (Å²) in [5.41, 5.74) is 0. The summed E-state index contributed by atoms with van der Waals surface area (Å²) in [6, 6.07) is 0. The van der Waals surface area contributed by atoms with E-state index in [0.717, 1.165) is 0 Å². The topological polar surface area (TPSA) is 94.9 Å². The highest BCUT2D eigenvalue weighted by atomic mass is 16.4. The molecule has 2 amide bonds. The van der Waals surface area contributed by atoms with Crippen LogP contribution in [0.5, 0.6) is 0 Å². The summed E-state index contributed by atoms with van der Waals surface area (Å²) >= 11 is 0. The van der Waals surface area contributed by atoms with Crippen molar-refractivity contribution in [3.8, 4) is 0 Å². The second-order valence-electron chi connectivity index (χ2n) is 2.37. The lowest BCUT2D eigenvalue weighted by atomic mass is 10.4. The number of hydrogen-bond donors (Lipinski definition) is 2. The highest BCUT2D eigenvalue weighted by Gasteiger charge is 2.37. The van der Waals surface area contributed by atoms with E-state index in [1.165, 1.54) is 0 Å². The van der Waals surface area contributed by atoms with E-state index in [-0.39, 0.29) is 12.8 Å². The maximum Gasteiger partial charge on any atom is 0.354 e. The monoisotopic (exact) mass is 173 g/mol. The number of carbonyl (C=O) groups excluding carboxylic acids is 2. The van der Waals surface area contributed by atoms with Crippen LogP contribution in [0.15, 0.2) is 0 Å². The van der Waals surface area contributed by atoms with Crippen LogP contribution in [-0.2, 0) is 14.4 Å². The number of carboxylic acids is 1. The van der Waals surface area contributed by atoms with E-state index in [1.54, 1.807) is 0 Å². The van der Waals surface area contributed by atoms with Crippen molar-refractivity contribution < 1.29 is 24.6 Å². The van der Waals surface area contributed by atoms with Crippen molar-refractivity contribution in [2.75, 3.05) is 0 Å². The van der Waals surface area contributed by atoms with Gasteiger partial charge in [-0.25, -0.2) is 9.69 Å². The minimum atomic E-state index is -2.03. The first-order valence-electron chi connectivity index (χ1n) is 3.30. The Hall–Kier alpha value is -1.43. The molecule has 6 nitrogen and oxygen atoms in total. The van der Waals surface area contributed by atoms with Crippen LogP contribution < -0.4 is 0 Å². The quantitative estimate of drug-likeness (QED) is 0.497. The minimum Gasteiger partial charge on any atom is -0.478 e. The Morgan fingerprint density at radius 2 is 1.75 bits per heavy atom. The van der Waals surface area contributed by atoms with Gasteiger partial charge in [-0.1, -0.05) is 0 Å². The van der Waals surface area contributed by atoms with Gasteiger partial charge in [0.15, 0.2) is 0 Å². The van der Waals surface area contributed by atoms with Crippen molar-refractivity contribution in [3.05, 3.63) is 0 Å². The largest absolute Gasteiger partial charge is 0.478 e. The number of carbonyl (C=O) groups is 3. The van der Waals surface area contributed by atoms with Crippen LogP contribution >= 0.6 is 0 Å². The van der Waals surface area contributed by atoms with Crippen molar-refractivity contribution in [1.82, 2.24) is 4.90 Å². The summed E-state index contributed by atoms with van der Waals surface area (Å²) in [4.78, 5) is 32.2. The van der Waals surface area contributed by atoms with Gasteiger partial charge in [-0.2, -0.15) is 0 Å². The van der Waals surface area contributed by atoms with Gasteiger partial charge < -0.3 is 10.2 Å². The molecule has 2 N–H and O–H groups in total. The molecule has 1 atom stereocenters. The smallest absolute Gasteiger partial charge is 0.354 e. The van der Waals surface area contributed by atoms with Crippen molar-refractivity contribution in [2.24, 2.45) is 0 Å². The van der Waals surface area contributed by atoms with Crippen LogP contribution in [0.25, 0.3) is 0 Å². The molecule has 1 rings (SSSR count). The van der Waals surface area contributed by atoms with E-state index in [4.69, 9.17) is 10.2 Å². The van der Waals surface area contributed by atoms with E-state index in [2.05, 4.69) is 0 Å². The summed E-state index contributed by atoms with van der Waals surface area (Å²) < 4.78 is 0. The van der Waals surface area contributed by atoms with Gasteiger partial charge in [0.05, 0.1) is 0 Å². The molecule has 1 unspecified atom stereocenters. The summed E-state index contributed by atoms with van der Waals surface area (Å²) in [6.07, 6.45) is -2.08. The van der Waals surface area contributed by atoms with Crippen LogP contribution in [0.2, 0.25) is 0 Å². The molecular formula is C6H7NO5. The average Bonchev–Trinajstić information content (AvgIpc) is 2.30. The predicted molar refractivity (Wildman–Crippen MR) is 34.7 cm³/mol. The number of nitrogens with zero attached hydrogens (tertiary/aromatic N) is 1. The summed E-state index contributed by atoms with van der Waals surface area (Å²) in [5.74, 6) is -2.89. The molecule has 0 radical (unpaired) electrons. The third kappa shape index (κ3) is 1.28. The number of aliphatic carboxylic acids is 1. The van der Waals surface area contributed by atoms with Gasteiger partial charge in [-0.3, -0.25) is 9.59 Å². The molecule has 0 saturated carbocycles. The molecule has 0 spiro atoms. The Balaban J connectivity index is 2.79. The van der Waals surface area contributed by atoms with Crippen molar-refractivity contribution in [3.63, 3.8) is 0 Å². The Bertz CT molecular complexity index is 232. The second-order valence-corrected chi connectivity index (χ2v) is 2.37. The van der Waals surface area contributed by atoms with E-state index >= 15 is 0 Å². The summed E-state index contributed by atoms with van der Waals surface area (Å²) in [5, 5.41) is 17.1. The molecule has 0 aliphatic carbocycles. The van der Waals surface area contributed by atoms with Gasteiger partial charge in [-0.05, 0) is 0 Å². The van der Waals surface area contributed by atoms with E-state index < -0.39 is 24.0 Å². The third-order valence-electron chi connectivity index (χ3n) is 1.56. The highest BCUT2D eigenvalue weighted by Crippen LogP contribution is 2.13. The first-order chi connectivity index (χ1) is 5.54. The van der Waals surface area contributed by atoms with Crippen LogP contribution in [0.3, 0.4) is 0 Å². The molecule has 1 heterocycles. The molecule has 6 heteroatoms. The normalized spacial score (nSPS) is 19.9. The maximum absolute atomic E-state index is 10.8. The molecule has 0 bridgehead atoms. The lowest BCUT2D eigenvalue weighted by molar-refractivity contribution is -0.168. The number of carboxylic acid groups (broad SMARTS) is 1. The molecule has 1 saturated heterocycles. The van der Waals surface area contributed by atoms with Crippen LogP contribution in [0.1, 0.15) is 12.8 Å².